The van der Waals surface area contributed by atoms with Gasteiger partial charge in [-0.1, -0.05) is 234 Å². The molecule has 0 aromatic heterocycles. The van der Waals surface area contributed by atoms with Crippen LogP contribution < -0.4 is 0 Å². The van der Waals surface area contributed by atoms with Gasteiger partial charge in [-0.2, -0.15) is 0 Å². The fourth-order valence-corrected chi connectivity index (χ4v) is 7.43. The SMILES string of the molecule is CCCCCCCCCCCCCCCCCCCC(=O)OC[C@@H](COC(=O)CCCCCCCCC(C)CC)OC(=O)CCCCCCCCCCC(C)C. The number of carbonyl (C=O) groups is 3. The van der Waals surface area contributed by atoms with Crippen molar-refractivity contribution in [1.82, 2.24) is 0 Å². The highest BCUT2D eigenvalue weighted by molar-refractivity contribution is 5.71. The molecule has 0 heterocycles. The van der Waals surface area contributed by atoms with Crippen LogP contribution in [0.25, 0.3) is 0 Å². The number of unbranched alkanes of at least 4 members (excludes halogenated alkanes) is 28. The predicted molar refractivity (Wildman–Crippen MR) is 238 cm³/mol. The Morgan fingerprint density at radius 1 is 0.375 bits per heavy atom. The minimum atomic E-state index is -0.762. The molecule has 0 aliphatic carbocycles. The molecule has 0 aliphatic rings. The van der Waals surface area contributed by atoms with E-state index in [0.29, 0.717) is 19.3 Å². The minimum Gasteiger partial charge on any atom is -0.462 e. The summed E-state index contributed by atoms with van der Waals surface area (Å²) in [4.78, 5) is 37.8. The van der Waals surface area contributed by atoms with Gasteiger partial charge >= 0.3 is 17.9 Å². The molecule has 0 N–H and O–H groups in total. The van der Waals surface area contributed by atoms with Crippen molar-refractivity contribution in [3.8, 4) is 0 Å². The third-order valence-corrected chi connectivity index (χ3v) is 11.6. The number of hydrogen-bond acceptors (Lipinski definition) is 6. The first-order valence-electron chi connectivity index (χ1n) is 24.8. The second-order valence-corrected chi connectivity index (χ2v) is 17.8. The summed E-state index contributed by atoms with van der Waals surface area (Å²) in [6.07, 6.45) is 42.4. The van der Waals surface area contributed by atoms with E-state index < -0.39 is 6.10 Å². The molecule has 0 rings (SSSR count). The lowest BCUT2D eigenvalue weighted by Gasteiger charge is -2.18. The fourth-order valence-electron chi connectivity index (χ4n) is 7.43. The number of hydrogen-bond donors (Lipinski definition) is 0. The Hall–Kier alpha value is -1.59. The summed E-state index contributed by atoms with van der Waals surface area (Å²) in [5, 5.41) is 0. The van der Waals surface area contributed by atoms with Crippen LogP contribution in [0.15, 0.2) is 0 Å². The van der Waals surface area contributed by atoms with Gasteiger partial charge in [0.25, 0.3) is 0 Å². The van der Waals surface area contributed by atoms with Crippen molar-refractivity contribution < 1.29 is 28.6 Å². The highest BCUT2D eigenvalue weighted by Crippen LogP contribution is 2.17. The third kappa shape index (κ3) is 42.0. The zero-order valence-electron chi connectivity index (χ0n) is 38.3. The Kier molecular flexibility index (Phi) is 41.8. The second kappa shape index (κ2) is 43.0. The maximum Gasteiger partial charge on any atom is 0.306 e. The lowest BCUT2D eigenvalue weighted by molar-refractivity contribution is -0.167. The van der Waals surface area contributed by atoms with Crippen molar-refractivity contribution in [1.29, 1.82) is 0 Å². The average Bonchev–Trinajstić information content (AvgIpc) is 3.18. The number of ether oxygens (including phenoxy) is 3. The molecular weight excluding hydrogens is 697 g/mol. The first-order valence-corrected chi connectivity index (χ1v) is 24.8. The van der Waals surface area contributed by atoms with Crippen LogP contribution in [0.1, 0.15) is 272 Å². The summed E-state index contributed by atoms with van der Waals surface area (Å²) < 4.78 is 16.8. The Morgan fingerprint density at radius 2 is 0.679 bits per heavy atom. The number of rotatable bonds is 44. The summed E-state index contributed by atoms with van der Waals surface area (Å²) in [6.45, 7) is 11.3. The lowest BCUT2D eigenvalue weighted by atomic mass is 10.00. The van der Waals surface area contributed by atoms with E-state index in [1.807, 2.05) is 0 Å². The molecule has 0 saturated heterocycles. The van der Waals surface area contributed by atoms with Crippen LogP contribution >= 0.6 is 0 Å². The Morgan fingerprint density at radius 3 is 1.02 bits per heavy atom. The summed E-state index contributed by atoms with van der Waals surface area (Å²) >= 11 is 0. The molecule has 0 spiro atoms. The van der Waals surface area contributed by atoms with Crippen LogP contribution in [0.3, 0.4) is 0 Å². The summed E-state index contributed by atoms with van der Waals surface area (Å²) in [6, 6.07) is 0. The molecule has 6 nitrogen and oxygen atoms in total. The van der Waals surface area contributed by atoms with Gasteiger partial charge in [0.2, 0.25) is 0 Å². The molecule has 0 saturated carbocycles. The second-order valence-electron chi connectivity index (χ2n) is 17.8. The number of carbonyl (C=O) groups excluding carboxylic acids is 3. The maximum atomic E-state index is 12.7. The van der Waals surface area contributed by atoms with Crippen LogP contribution in [0.2, 0.25) is 0 Å². The zero-order valence-corrected chi connectivity index (χ0v) is 38.3. The van der Waals surface area contributed by atoms with Crippen molar-refractivity contribution in [3.05, 3.63) is 0 Å². The van der Waals surface area contributed by atoms with Crippen molar-refractivity contribution in [3.63, 3.8) is 0 Å². The molecule has 6 heteroatoms. The van der Waals surface area contributed by atoms with Crippen LogP contribution in [0, 0.1) is 11.8 Å². The number of esters is 3. The largest absolute Gasteiger partial charge is 0.462 e. The Labute approximate surface area is 348 Å². The maximum absolute atomic E-state index is 12.7. The summed E-state index contributed by atoms with van der Waals surface area (Å²) in [5.74, 6) is 0.750. The monoisotopic (exact) mass is 793 g/mol. The van der Waals surface area contributed by atoms with E-state index in [1.54, 1.807) is 0 Å². The van der Waals surface area contributed by atoms with E-state index >= 15 is 0 Å². The molecule has 0 bridgehead atoms. The molecular formula is C50H96O6. The predicted octanol–water partition coefficient (Wildman–Crippen LogP) is 15.8. The molecule has 1 unspecified atom stereocenters. The first kappa shape index (κ1) is 54.4. The third-order valence-electron chi connectivity index (χ3n) is 11.6. The molecule has 0 fully saturated rings. The Balaban J connectivity index is 4.27. The normalized spacial score (nSPS) is 12.5. The van der Waals surface area contributed by atoms with E-state index in [1.165, 1.54) is 161 Å². The van der Waals surface area contributed by atoms with Crippen LogP contribution in [-0.4, -0.2) is 37.2 Å². The Bertz CT molecular complexity index is 856. The van der Waals surface area contributed by atoms with E-state index in [9.17, 15) is 14.4 Å². The highest BCUT2D eigenvalue weighted by Gasteiger charge is 2.19. The highest BCUT2D eigenvalue weighted by atomic mass is 16.6. The van der Waals surface area contributed by atoms with Crippen LogP contribution in [-0.2, 0) is 28.6 Å². The van der Waals surface area contributed by atoms with E-state index in [2.05, 4.69) is 34.6 Å². The zero-order chi connectivity index (χ0) is 41.2. The first-order chi connectivity index (χ1) is 27.3. The molecule has 0 aromatic carbocycles. The van der Waals surface area contributed by atoms with Gasteiger partial charge in [0.1, 0.15) is 13.2 Å². The molecule has 0 aromatic rings. The molecule has 56 heavy (non-hydrogen) atoms. The van der Waals surface area contributed by atoms with Crippen LogP contribution in [0.5, 0.6) is 0 Å². The van der Waals surface area contributed by atoms with E-state index in [4.69, 9.17) is 14.2 Å². The molecule has 332 valence electrons. The van der Waals surface area contributed by atoms with Gasteiger partial charge in [0.05, 0.1) is 0 Å². The molecule has 0 radical (unpaired) electrons. The van der Waals surface area contributed by atoms with Crippen molar-refractivity contribution >= 4 is 17.9 Å². The van der Waals surface area contributed by atoms with E-state index in [0.717, 1.165) is 69.6 Å². The smallest absolute Gasteiger partial charge is 0.306 e. The van der Waals surface area contributed by atoms with Crippen LogP contribution in [0.4, 0.5) is 0 Å². The van der Waals surface area contributed by atoms with Gasteiger partial charge in [-0.25, -0.2) is 0 Å². The van der Waals surface area contributed by atoms with Gasteiger partial charge in [-0.05, 0) is 31.1 Å². The average molecular weight is 793 g/mol. The standard InChI is InChI=1S/C50H96O6/c1-6-8-9-10-11-12-13-14-15-16-17-18-19-20-24-30-35-40-48(51)54-43-47(44-55-49(52)41-36-31-27-26-29-34-39-46(5)7-2)56-50(53)42-37-32-25-22-21-23-28-33-38-45(3)4/h45-47H,6-44H2,1-5H3/t46?,47-/m0/s1. The van der Waals surface area contributed by atoms with E-state index in [-0.39, 0.29) is 31.1 Å². The van der Waals surface area contributed by atoms with Gasteiger partial charge in [-0.15, -0.1) is 0 Å². The quantitative estimate of drug-likeness (QED) is 0.0347. The fraction of sp³-hybridized carbons (Fsp3) is 0.940. The van der Waals surface area contributed by atoms with Gasteiger partial charge < -0.3 is 14.2 Å². The summed E-state index contributed by atoms with van der Waals surface area (Å²) in [7, 11) is 0. The van der Waals surface area contributed by atoms with Crippen molar-refractivity contribution in [2.45, 2.75) is 278 Å². The molecule has 0 aliphatic heterocycles. The minimum absolute atomic E-state index is 0.0652. The topological polar surface area (TPSA) is 78.9 Å². The van der Waals surface area contributed by atoms with Gasteiger partial charge in [0, 0.05) is 19.3 Å². The molecule has 0 amide bonds. The van der Waals surface area contributed by atoms with Crippen molar-refractivity contribution in [2.24, 2.45) is 11.8 Å². The lowest BCUT2D eigenvalue weighted by Crippen LogP contribution is -2.30. The van der Waals surface area contributed by atoms with Gasteiger partial charge in [-0.3, -0.25) is 14.4 Å². The summed E-state index contributed by atoms with van der Waals surface area (Å²) in [5.41, 5.74) is 0. The van der Waals surface area contributed by atoms with Crippen molar-refractivity contribution in [2.75, 3.05) is 13.2 Å². The van der Waals surface area contributed by atoms with Gasteiger partial charge in [0.15, 0.2) is 6.10 Å². The molecule has 2 atom stereocenters.